The average Bonchev–Trinajstić information content (AvgIpc) is 2.75. The molecule has 1 aromatic carbocycles. The van der Waals surface area contributed by atoms with Crippen LogP contribution in [0.4, 0.5) is 24.7 Å². The first kappa shape index (κ1) is 22.5. The van der Waals surface area contributed by atoms with Crippen molar-refractivity contribution in [1.82, 2.24) is 15.0 Å². The van der Waals surface area contributed by atoms with Crippen LogP contribution in [0.1, 0.15) is 30.9 Å². The second kappa shape index (κ2) is 9.05. The van der Waals surface area contributed by atoms with Gasteiger partial charge in [-0.15, -0.1) is 0 Å². The Morgan fingerprint density at radius 1 is 1.15 bits per heavy atom. The highest BCUT2D eigenvalue weighted by atomic mass is 19.3. The fraction of sp³-hybridized carbons (Fsp3) is 0.304. The maximum absolute atomic E-state index is 14.3. The Morgan fingerprint density at radius 2 is 1.91 bits per heavy atom. The van der Waals surface area contributed by atoms with E-state index in [-0.39, 0.29) is 36.4 Å². The van der Waals surface area contributed by atoms with Gasteiger partial charge >= 0.3 is 6.61 Å². The minimum Gasteiger partial charge on any atom is -0.415 e. The number of halogens is 3. The molecule has 0 radical (unpaired) electrons. The highest BCUT2D eigenvalue weighted by Gasteiger charge is 2.53. The van der Waals surface area contributed by atoms with Crippen molar-refractivity contribution in [3.8, 4) is 5.88 Å². The minimum absolute atomic E-state index is 0.0240. The Hall–Kier alpha value is -3.69. The third-order valence-corrected chi connectivity index (χ3v) is 5.62. The van der Waals surface area contributed by atoms with E-state index in [4.69, 9.17) is 0 Å². The molecule has 3 aromatic rings. The van der Waals surface area contributed by atoms with Gasteiger partial charge in [0.05, 0.1) is 6.20 Å². The molecule has 1 amide bonds. The number of ether oxygens (including phenoxy) is 1. The van der Waals surface area contributed by atoms with Crippen LogP contribution in [0, 0.1) is 5.82 Å². The van der Waals surface area contributed by atoms with Crippen LogP contribution in [-0.2, 0) is 10.2 Å². The first-order valence-electron chi connectivity index (χ1n) is 10.3. The lowest BCUT2D eigenvalue weighted by atomic mass is 9.69. The van der Waals surface area contributed by atoms with Crippen molar-refractivity contribution < 1.29 is 22.7 Å². The summed E-state index contributed by atoms with van der Waals surface area (Å²) in [7, 11) is 0. The topological polar surface area (TPSA) is 80.2 Å². The summed E-state index contributed by atoms with van der Waals surface area (Å²) in [6, 6.07) is 10.5. The average molecular weight is 457 g/mol. The van der Waals surface area contributed by atoms with Gasteiger partial charge in [0, 0.05) is 19.3 Å². The Balaban J connectivity index is 1.71. The van der Waals surface area contributed by atoms with Crippen molar-refractivity contribution in [1.29, 1.82) is 0 Å². The van der Waals surface area contributed by atoms with Crippen LogP contribution >= 0.6 is 0 Å². The van der Waals surface area contributed by atoms with Gasteiger partial charge in [0.1, 0.15) is 17.4 Å². The van der Waals surface area contributed by atoms with E-state index in [1.165, 1.54) is 24.7 Å². The van der Waals surface area contributed by atoms with E-state index in [0.717, 1.165) is 17.3 Å². The third kappa shape index (κ3) is 4.33. The maximum Gasteiger partial charge on any atom is 0.388 e. The zero-order valence-corrected chi connectivity index (χ0v) is 18.0. The van der Waals surface area contributed by atoms with E-state index in [1.807, 2.05) is 38.1 Å². The highest BCUT2D eigenvalue weighted by Crippen LogP contribution is 2.42. The molecule has 0 spiro atoms. The van der Waals surface area contributed by atoms with Crippen LogP contribution in [-0.4, -0.2) is 40.6 Å². The minimum atomic E-state index is -3.09. The van der Waals surface area contributed by atoms with Crippen molar-refractivity contribution in [3.05, 3.63) is 72.1 Å². The van der Waals surface area contributed by atoms with Crippen molar-refractivity contribution in [2.24, 2.45) is 0 Å². The van der Waals surface area contributed by atoms with Crippen LogP contribution in [0.15, 0.2) is 55.1 Å². The standard InChI is InChI=1S/C23H22F3N5O2/c1-14(2)15-6-3-4-7-16(15)23(11-31(12-23)19-17(24)10-27-13-29-19)21(32)30-18-8-5-9-28-20(18)33-22(25)26/h3-10,13-14,22H,11-12H2,1-2H3,(H,30,32). The van der Waals surface area contributed by atoms with Crippen LogP contribution in [0.25, 0.3) is 0 Å². The molecule has 1 aliphatic rings. The van der Waals surface area contributed by atoms with Gasteiger partial charge in [-0.3, -0.25) is 4.79 Å². The maximum atomic E-state index is 14.3. The molecule has 10 heteroatoms. The molecule has 172 valence electrons. The molecule has 0 unspecified atom stereocenters. The molecular formula is C23H22F3N5O2. The number of alkyl halides is 2. The van der Waals surface area contributed by atoms with Crippen LogP contribution < -0.4 is 15.0 Å². The molecule has 1 fully saturated rings. The van der Waals surface area contributed by atoms with Crippen molar-refractivity contribution >= 4 is 17.4 Å². The monoisotopic (exact) mass is 457 g/mol. The highest BCUT2D eigenvalue weighted by molar-refractivity contribution is 6.02. The summed E-state index contributed by atoms with van der Waals surface area (Å²) in [5.41, 5.74) is 0.695. The Bertz CT molecular complexity index is 1150. The Kier molecular flexibility index (Phi) is 6.17. The number of rotatable bonds is 7. The van der Waals surface area contributed by atoms with E-state index in [0.29, 0.717) is 0 Å². The van der Waals surface area contributed by atoms with Crippen LogP contribution in [0.5, 0.6) is 5.88 Å². The molecule has 1 saturated heterocycles. The lowest BCUT2D eigenvalue weighted by Crippen LogP contribution is -2.66. The molecule has 4 rings (SSSR count). The van der Waals surface area contributed by atoms with Gasteiger partial charge in [0.15, 0.2) is 11.6 Å². The third-order valence-electron chi connectivity index (χ3n) is 5.62. The number of hydrogen-bond acceptors (Lipinski definition) is 6. The van der Waals surface area contributed by atoms with Gasteiger partial charge in [0.2, 0.25) is 11.8 Å². The number of anilines is 2. The molecule has 33 heavy (non-hydrogen) atoms. The number of hydrogen-bond donors (Lipinski definition) is 1. The summed E-state index contributed by atoms with van der Waals surface area (Å²) in [4.78, 5) is 26.8. The van der Waals surface area contributed by atoms with E-state index < -0.39 is 23.8 Å². The van der Waals surface area contributed by atoms with Crippen molar-refractivity contribution in [2.75, 3.05) is 23.3 Å². The number of benzene rings is 1. The number of nitrogens with zero attached hydrogens (tertiary/aromatic N) is 4. The first-order chi connectivity index (χ1) is 15.8. The summed E-state index contributed by atoms with van der Waals surface area (Å²) in [5.74, 6) is -1.20. The predicted octanol–water partition coefficient (Wildman–Crippen LogP) is 4.13. The predicted molar refractivity (Wildman–Crippen MR) is 116 cm³/mol. The number of amides is 1. The number of carbonyl (C=O) groups excluding carboxylic acids is 1. The SMILES string of the molecule is CC(C)c1ccccc1C1(C(=O)Nc2cccnc2OC(F)F)CN(c2ncncc2F)C1. The molecule has 1 aliphatic heterocycles. The van der Waals surface area contributed by atoms with E-state index in [2.05, 4.69) is 25.0 Å². The number of aromatic nitrogens is 3. The summed E-state index contributed by atoms with van der Waals surface area (Å²) in [5, 5.41) is 2.70. The van der Waals surface area contributed by atoms with Gasteiger partial charge in [-0.25, -0.2) is 19.3 Å². The molecule has 0 bridgehead atoms. The molecule has 0 saturated carbocycles. The lowest BCUT2D eigenvalue weighted by Gasteiger charge is -2.50. The Labute approximate surface area is 188 Å². The lowest BCUT2D eigenvalue weighted by molar-refractivity contribution is -0.122. The van der Waals surface area contributed by atoms with Gasteiger partial charge in [-0.2, -0.15) is 8.78 Å². The number of pyridine rings is 1. The fourth-order valence-corrected chi connectivity index (χ4v) is 4.07. The molecule has 1 N–H and O–H groups in total. The summed E-state index contributed by atoms with van der Waals surface area (Å²) >= 11 is 0. The van der Waals surface area contributed by atoms with Gasteiger partial charge in [-0.05, 0) is 29.2 Å². The van der Waals surface area contributed by atoms with E-state index in [1.54, 1.807) is 4.90 Å². The summed E-state index contributed by atoms with van der Waals surface area (Å²) in [6.45, 7) is 1.22. The second-order valence-electron chi connectivity index (χ2n) is 8.06. The first-order valence-corrected chi connectivity index (χ1v) is 10.3. The van der Waals surface area contributed by atoms with Gasteiger partial charge in [0.25, 0.3) is 0 Å². The van der Waals surface area contributed by atoms with E-state index in [9.17, 15) is 18.0 Å². The molecular weight excluding hydrogens is 435 g/mol. The molecule has 7 nitrogen and oxygen atoms in total. The van der Waals surface area contributed by atoms with Crippen molar-refractivity contribution in [2.45, 2.75) is 31.8 Å². The fourth-order valence-electron chi connectivity index (χ4n) is 4.07. The van der Waals surface area contributed by atoms with Crippen molar-refractivity contribution in [3.63, 3.8) is 0 Å². The zero-order chi connectivity index (χ0) is 23.6. The zero-order valence-electron chi connectivity index (χ0n) is 18.0. The van der Waals surface area contributed by atoms with Gasteiger partial charge < -0.3 is 15.0 Å². The molecule has 3 heterocycles. The Morgan fingerprint density at radius 3 is 2.61 bits per heavy atom. The number of carbonyl (C=O) groups is 1. The smallest absolute Gasteiger partial charge is 0.388 e. The van der Waals surface area contributed by atoms with Crippen LogP contribution in [0.3, 0.4) is 0 Å². The normalized spacial score (nSPS) is 14.8. The van der Waals surface area contributed by atoms with E-state index >= 15 is 0 Å². The quantitative estimate of drug-likeness (QED) is 0.575. The molecule has 0 atom stereocenters. The number of nitrogens with one attached hydrogen (secondary N) is 1. The summed E-state index contributed by atoms with van der Waals surface area (Å²) < 4.78 is 44.3. The molecule has 2 aromatic heterocycles. The largest absolute Gasteiger partial charge is 0.415 e. The van der Waals surface area contributed by atoms with Crippen LogP contribution in [0.2, 0.25) is 0 Å². The summed E-state index contributed by atoms with van der Waals surface area (Å²) in [6.07, 6.45) is 3.60. The van der Waals surface area contributed by atoms with Gasteiger partial charge in [-0.1, -0.05) is 38.1 Å². The molecule has 0 aliphatic carbocycles. The second-order valence-corrected chi connectivity index (χ2v) is 8.06.